The molecule has 0 aliphatic rings. The Kier molecular flexibility index (Phi) is 5.66. The van der Waals surface area contributed by atoms with Crippen LogP contribution in [0.2, 0.25) is 0 Å². The van der Waals surface area contributed by atoms with E-state index >= 15 is 0 Å². The fraction of sp³-hybridized carbons (Fsp3) is 0.188. The Morgan fingerprint density at radius 1 is 1.31 bits per heavy atom. The number of nitrogens with two attached hydrogens (primary N) is 1. The number of amides is 1. The number of hydrogen-bond donors (Lipinski definition) is 2. The molecule has 1 aromatic carbocycles. The van der Waals surface area contributed by atoms with Crippen molar-refractivity contribution in [1.29, 1.82) is 0 Å². The zero-order valence-corrected chi connectivity index (χ0v) is 14.4. The van der Waals surface area contributed by atoms with Crippen LogP contribution in [0.15, 0.2) is 47.4 Å². The first kappa shape index (κ1) is 19.4. The van der Waals surface area contributed by atoms with Crippen LogP contribution in [-0.2, 0) is 12.7 Å². The first-order valence-electron chi connectivity index (χ1n) is 7.28. The Morgan fingerprint density at radius 3 is 2.62 bits per heavy atom. The van der Waals surface area contributed by atoms with Gasteiger partial charge < -0.3 is 10.3 Å². The summed E-state index contributed by atoms with van der Waals surface area (Å²) in [4.78, 5) is 24.1. The normalized spacial score (nSPS) is 11.1. The van der Waals surface area contributed by atoms with Crippen LogP contribution in [-0.4, -0.2) is 27.6 Å². The minimum Gasteiger partial charge on any atom is -0.375 e. The number of rotatable bonds is 3. The molecule has 0 unspecified atom stereocenters. The molecule has 1 heterocycles. The van der Waals surface area contributed by atoms with Gasteiger partial charge in [-0.25, -0.2) is 0 Å². The van der Waals surface area contributed by atoms with Gasteiger partial charge >= 0.3 is 6.18 Å². The fourth-order valence-electron chi connectivity index (χ4n) is 2.10. The third kappa shape index (κ3) is 4.82. The molecule has 1 amide bonds. The molecule has 0 saturated carbocycles. The number of pyridine rings is 1. The molecule has 1 aromatic heterocycles. The number of halogens is 3. The van der Waals surface area contributed by atoms with Gasteiger partial charge in [-0.15, -0.1) is 0 Å². The van der Waals surface area contributed by atoms with Crippen LogP contribution in [0.3, 0.4) is 0 Å². The van der Waals surface area contributed by atoms with Gasteiger partial charge in [0, 0.05) is 19.3 Å². The molecule has 0 radical (unpaired) electrons. The summed E-state index contributed by atoms with van der Waals surface area (Å²) in [7, 11) is 1.44. The number of aromatic nitrogens is 1. The number of hydrazine groups is 1. The SMILES string of the molecule is CN(NC(=O)c1ccc(=O)n(Cc2cccc(C(F)(F)F)c2)c1)C(N)=S. The summed E-state index contributed by atoms with van der Waals surface area (Å²) in [5.74, 6) is -0.571. The highest BCUT2D eigenvalue weighted by Gasteiger charge is 2.30. The summed E-state index contributed by atoms with van der Waals surface area (Å²) in [6.45, 7) is -0.116. The van der Waals surface area contributed by atoms with Crippen molar-refractivity contribution >= 4 is 23.2 Å². The third-order valence-electron chi connectivity index (χ3n) is 3.45. The Hall–Kier alpha value is -2.88. The first-order valence-corrected chi connectivity index (χ1v) is 7.69. The van der Waals surface area contributed by atoms with E-state index in [0.29, 0.717) is 0 Å². The number of alkyl halides is 3. The summed E-state index contributed by atoms with van der Waals surface area (Å²) in [5, 5.41) is 1.07. The van der Waals surface area contributed by atoms with Gasteiger partial charge in [-0.1, -0.05) is 12.1 Å². The largest absolute Gasteiger partial charge is 0.416 e. The number of carbonyl (C=O) groups is 1. The van der Waals surface area contributed by atoms with E-state index < -0.39 is 23.2 Å². The lowest BCUT2D eigenvalue weighted by Crippen LogP contribution is -2.46. The quantitative estimate of drug-likeness (QED) is 0.622. The molecule has 10 heteroatoms. The second-order valence-electron chi connectivity index (χ2n) is 5.42. The molecule has 0 saturated heterocycles. The molecule has 0 atom stereocenters. The molecule has 0 aliphatic heterocycles. The number of benzene rings is 1. The molecule has 2 aromatic rings. The van der Waals surface area contributed by atoms with E-state index in [2.05, 4.69) is 5.43 Å². The number of hydrogen-bond acceptors (Lipinski definition) is 3. The fourth-order valence-corrected chi connectivity index (χ4v) is 2.15. The van der Waals surface area contributed by atoms with Crippen molar-refractivity contribution in [2.45, 2.75) is 12.7 Å². The molecule has 0 bridgehead atoms. The summed E-state index contributed by atoms with van der Waals surface area (Å²) < 4.78 is 39.5. The van der Waals surface area contributed by atoms with Crippen LogP contribution < -0.4 is 16.7 Å². The van der Waals surface area contributed by atoms with Gasteiger partial charge in [0.1, 0.15) is 0 Å². The lowest BCUT2D eigenvalue weighted by molar-refractivity contribution is -0.137. The number of nitrogens with one attached hydrogen (secondary N) is 1. The van der Waals surface area contributed by atoms with Crippen molar-refractivity contribution in [3.8, 4) is 0 Å². The molecule has 0 spiro atoms. The minimum atomic E-state index is -4.48. The molecular formula is C16H15F3N4O2S. The van der Waals surface area contributed by atoms with Crippen LogP contribution >= 0.6 is 12.2 Å². The van der Waals surface area contributed by atoms with Gasteiger partial charge in [0.15, 0.2) is 5.11 Å². The van der Waals surface area contributed by atoms with Gasteiger partial charge in [0.2, 0.25) is 0 Å². The molecule has 6 nitrogen and oxygen atoms in total. The van der Waals surface area contributed by atoms with Gasteiger partial charge in [-0.05, 0) is 36.0 Å². The maximum absolute atomic E-state index is 12.8. The highest BCUT2D eigenvalue weighted by Crippen LogP contribution is 2.29. The van der Waals surface area contributed by atoms with Crippen molar-refractivity contribution in [3.63, 3.8) is 0 Å². The predicted molar refractivity (Wildman–Crippen MR) is 93.3 cm³/mol. The summed E-state index contributed by atoms with van der Waals surface area (Å²) >= 11 is 4.70. The number of carbonyl (C=O) groups excluding carboxylic acids is 1. The Bertz CT molecular complexity index is 896. The Labute approximate surface area is 152 Å². The Balaban J connectivity index is 2.27. The Morgan fingerprint density at radius 2 is 2.00 bits per heavy atom. The van der Waals surface area contributed by atoms with E-state index in [9.17, 15) is 22.8 Å². The lowest BCUT2D eigenvalue weighted by Gasteiger charge is -2.18. The van der Waals surface area contributed by atoms with Gasteiger partial charge in [0.25, 0.3) is 11.5 Å². The topological polar surface area (TPSA) is 80.4 Å². The summed E-state index contributed by atoms with van der Waals surface area (Å²) in [6.07, 6.45) is -3.22. The zero-order chi connectivity index (χ0) is 19.5. The van der Waals surface area contributed by atoms with Crippen molar-refractivity contribution < 1.29 is 18.0 Å². The first-order chi connectivity index (χ1) is 12.1. The standard InChI is InChI=1S/C16H15F3N4O2S/c1-22(15(20)26)21-14(25)11-5-6-13(24)23(9-11)8-10-3-2-4-12(7-10)16(17,18)19/h2-7,9H,8H2,1H3,(H2,20,26)(H,21,25). The maximum atomic E-state index is 12.8. The lowest BCUT2D eigenvalue weighted by atomic mass is 10.1. The molecule has 0 aliphatic carbocycles. The van der Waals surface area contributed by atoms with Crippen molar-refractivity contribution in [3.05, 3.63) is 69.6 Å². The van der Waals surface area contributed by atoms with Gasteiger partial charge in [0.05, 0.1) is 17.7 Å². The van der Waals surface area contributed by atoms with Crippen LogP contribution in [0.5, 0.6) is 0 Å². The van der Waals surface area contributed by atoms with E-state index in [1.54, 1.807) is 0 Å². The predicted octanol–water partition coefficient (Wildman–Crippen LogP) is 1.74. The van der Waals surface area contributed by atoms with Crippen LogP contribution in [0.4, 0.5) is 13.2 Å². The average molecular weight is 384 g/mol. The monoisotopic (exact) mass is 384 g/mol. The molecule has 2 rings (SSSR count). The summed E-state index contributed by atoms with van der Waals surface area (Å²) in [6, 6.07) is 7.09. The van der Waals surface area contributed by atoms with E-state index in [4.69, 9.17) is 18.0 Å². The summed E-state index contributed by atoms with van der Waals surface area (Å²) in [5.41, 5.74) is 6.90. The van der Waals surface area contributed by atoms with Gasteiger partial charge in [-0.2, -0.15) is 13.2 Å². The van der Waals surface area contributed by atoms with E-state index in [0.717, 1.165) is 27.8 Å². The highest BCUT2D eigenvalue weighted by molar-refractivity contribution is 7.80. The van der Waals surface area contributed by atoms with E-state index in [1.807, 2.05) is 0 Å². The minimum absolute atomic E-state index is 0.0596. The molecule has 138 valence electrons. The average Bonchev–Trinajstić information content (AvgIpc) is 2.56. The third-order valence-corrected chi connectivity index (χ3v) is 3.73. The smallest absolute Gasteiger partial charge is 0.375 e. The maximum Gasteiger partial charge on any atom is 0.416 e. The zero-order valence-electron chi connectivity index (χ0n) is 13.6. The second-order valence-corrected chi connectivity index (χ2v) is 5.84. The molecular weight excluding hydrogens is 369 g/mol. The number of thiocarbonyl (C=S) groups is 1. The van der Waals surface area contributed by atoms with Crippen LogP contribution in [0, 0.1) is 0 Å². The van der Waals surface area contributed by atoms with Crippen molar-refractivity contribution in [2.75, 3.05) is 7.05 Å². The van der Waals surface area contributed by atoms with E-state index in [1.165, 1.54) is 31.4 Å². The van der Waals surface area contributed by atoms with Crippen molar-refractivity contribution in [1.82, 2.24) is 15.0 Å². The van der Waals surface area contributed by atoms with Gasteiger partial charge in [-0.3, -0.25) is 20.0 Å². The van der Waals surface area contributed by atoms with Crippen LogP contribution in [0.1, 0.15) is 21.5 Å². The van der Waals surface area contributed by atoms with Crippen LogP contribution in [0.25, 0.3) is 0 Å². The molecule has 26 heavy (non-hydrogen) atoms. The van der Waals surface area contributed by atoms with Crippen molar-refractivity contribution in [2.24, 2.45) is 5.73 Å². The second kappa shape index (κ2) is 7.56. The van der Waals surface area contributed by atoms with E-state index in [-0.39, 0.29) is 22.8 Å². The molecule has 3 N–H and O–H groups in total. The molecule has 0 fully saturated rings. The number of nitrogens with zero attached hydrogens (tertiary/aromatic N) is 2. The highest BCUT2D eigenvalue weighted by atomic mass is 32.1.